The van der Waals surface area contributed by atoms with E-state index < -0.39 is 0 Å². The van der Waals surface area contributed by atoms with Crippen LogP contribution in [0.2, 0.25) is 0 Å². The van der Waals surface area contributed by atoms with Crippen molar-refractivity contribution < 1.29 is 4.79 Å². The fraction of sp³-hybridized carbons (Fsp3) is 0.579. The van der Waals surface area contributed by atoms with Crippen molar-refractivity contribution in [2.75, 3.05) is 26.2 Å². The van der Waals surface area contributed by atoms with Gasteiger partial charge in [-0.15, -0.1) is 5.10 Å². The van der Waals surface area contributed by atoms with E-state index in [1.54, 1.807) is 4.68 Å². The topological polar surface area (TPSA) is 67.2 Å². The van der Waals surface area contributed by atoms with Crippen LogP contribution in [-0.2, 0) is 4.79 Å². The number of likely N-dealkylation sites (tertiary alicyclic amines) is 1. The number of piperidine rings is 1. The molecule has 2 heterocycles. The summed E-state index contributed by atoms with van der Waals surface area (Å²) >= 11 is 0. The quantitative estimate of drug-likeness (QED) is 0.794. The van der Waals surface area contributed by atoms with Gasteiger partial charge in [-0.05, 0) is 69.3 Å². The molecular formula is C19H28N6O. The molecule has 2 aromatic rings. The lowest BCUT2D eigenvalue weighted by molar-refractivity contribution is -0.136. The van der Waals surface area contributed by atoms with E-state index in [1.165, 1.54) is 0 Å². The molecule has 140 valence electrons. The highest BCUT2D eigenvalue weighted by molar-refractivity contribution is 5.78. The van der Waals surface area contributed by atoms with E-state index in [4.69, 9.17) is 0 Å². The highest BCUT2D eigenvalue weighted by atomic mass is 16.2. The predicted molar refractivity (Wildman–Crippen MR) is 99.8 cm³/mol. The lowest BCUT2D eigenvalue weighted by Crippen LogP contribution is -2.43. The number of carbonyl (C=O) groups is 1. The van der Waals surface area contributed by atoms with E-state index in [0.717, 1.165) is 50.5 Å². The second-order valence-corrected chi connectivity index (χ2v) is 6.78. The first-order valence-corrected chi connectivity index (χ1v) is 9.52. The average molecular weight is 356 g/mol. The number of hydrogen-bond donors (Lipinski definition) is 0. The second kappa shape index (κ2) is 8.40. The molecule has 1 amide bonds. The van der Waals surface area contributed by atoms with Gasteiger partial charge in [0.2, 0.25) is 5.91 Å². The zero-order chi connectivity index (χ0) is 18.5. The van der Waals surface area contributed by atoms with Gasteiger partial charge in [0.05, 0.1) is 11.7 Å². The summed E-state index contributed by atoms with van der Waals surface area (Å²) in [5, 5.41) is 12.3. The van der Waals surface area contributed by atoms with Crippen LogP contribution in [0.15, 0.2) is 30.3 Å². The second-order valence-electron chi connectivity index (χ2n) is 6.78. The Kier molecular flexibility index (Phi) is 5.98. The highest BCUT2D eigenvalue weighted by Gasteiger charge is 2.31. The van der Waals surface area contributed by atoms with Gasteiger partial charge in [0.25, 0.3) is 0 Å². The molecule has 0 aliphatic carbocycles. The van der Waals surface area contributed by atoms with Crippen molar-refractivity contribution in [3.63, 3.8) is 0 Å². The standard InChI is InChI=1S/C19H28N6O/c1-4-23(5-2)19(26)16-11-13-24(14-12-16)15(3)18-20-21-22-25(18)17-9-7-6-8-10-17/h6-10,15-16H,4-5,11-14H2,1-3H3. The maximum atomic E-state index is 12.6. The third kappa shape index (κ3) is 3.77. The zero-order valence-corrected chi connectivity index (χ0v) is 15.9. The summed E-state index contributed by atoms with van der Waals surface area (Å²) in [7, 11) is 0. The Balaban J connectivity index is 1.66. The van der Waals surface area contributed by atoms with Gasteiger partial charge < -0.3 is 4.90 Å². The maximum Gasteiger partial charge on any atom is 0.225 e. The smallest absolute Gasteiger partial charge is 0.225 e. The van der Waals surface area contributed by atoms with Crippen LogP contribution in [0.1, 0.15) is 45.5 Å². The molecule has 1 fully saturated rings. The number of aromatic nitrogens is 4. The summed E-state index contributed by atoms with van der Waals surface area (Å²) < 4.78 is 1.80. The molecule has 1 aliphatic heterocycles. The Hall–Kier alpha value is -2.28. The van der Waals surface area contributed by atoms with Crippen LogP contribution in [0.3, 0.4) is 0 Å². The molecule has 3 rings (SSSR count). The lowest BCUT2D eigenvalue weighted by Gasteiger charge is -2.36. The summed E-state index contributed by atoms with van der Waals surface area (Å²) in [5.41, 5.74) is 0.964. The van der Waals surface area contributed by atoms with Crippen molar-refractivity contribution in [2.45, 2.75) is 39.7 Å². The molecule has 1 unspecified atom stereocenters. The SMILES string of the molecule is CCN(CC)C(=O)C1CCN(C(C)c2nnnn2-c2ccccc2)CC1. The third-order valence-electron chi connectivity index (χ3n) is 5.37. The normalized spacial score (nSPS) is 17.2. The monoisotopic (exact) mass is 356 g/mol. The summed E-state index contributed by atoms with van der Waals surface area (Å²) in [6.07, 6.45) is 1.79. The van der Waals surface area contributed by atoms with Gasteiger partial charge >= 0.3 is 0 Å². The van der Waals surface area contributed by atoms with Gasteiger partial charge in [0.15, 0.2) is 5.82 Å². The number of benzene rings is 1. The maximum absolute atomic E-state index is 12.6. The Bertz CT molecular complexity index is 704. The molecule has 0 saturated carbocycles. The van der Waals surface area contributed by atoms with Crippen LogP contribution >= 0.6 is 0 Å². The van der Waals surface area contributed by atoms with Crippen LogP contribution in [0.25, 0.3) is 5.69 Å². The van der Waals surface area contributed by atoms with Gasteiger partial charge in [0.1, 0.15) is 0 Å². The summed E-state index contributed by atoms with van der Waals surface area (Å²) in [5.74, 6) is 1.28. The fourth-order valence-electron chi connectivity index (χ4n) is 3.70. The van der Waals surface area contributed by atoms with Crippen molar-refractivity contribution in [1.82, 2.24) is 30.0 Å². The van der Waals surface area contributed by atoms with Gasteiger partial charge in [-0.1, -0.05) is 18.2 Å². The van der Waals surface area contributed by atoms with Crippen molar-refractivity contribution in [2.24, 2.45) is 5.92 Å². The summed E-state index contributed by atoms with van der Waals surface area (Å²) in [4.78, 5) is 16.9. The zero-order valence-electron chi connectivity index (χ0n) is 15.9. The van der Waals surface area contributed by atoms with Gasteiger partial charge in [-0.3, -0.25) is 9.69 Å². The molecule has 1 saturated heterocycles. The molecule has 1 atom stereocenters. The molecule has 26 heavy (non-hydrogen) atoms. The molecule has 0 radical (unpaired) electrons. The van der Waals surface area contributed by atoms with Crippen LogP contribution in [0, 0.1) is 5.92 Å². The first kappa shape index (κ1) is 18.5. The molecule has 0 spiro atoms. The van der Waals surface area contributed by atoms with Crippen molar-refractivity contribution >= 4 is 5.91 Å². The molecule has 7 heteroatoms. The van der Waals surface area contributed by atoms with Crippen LogP contribution in [0.4, 0.5) is 0 Å². The van der Waals surface area contributed by atoms with E-state index in [0.29, 0.717) is 5.91 Å². The Morgan fingerprint density at radius 1 is 1.19 bits per heavy atom. The number of nitrogens with zero attached hydrogens (tertiary/aromatic N) is 6. The first-order chi connectivity index (χ1) is 12.7. The van der Waals surface area contributed by atoms with Gasteiger partial charge in [-0.25, -0.2) is 0 Å². The molecule has 0 N–H and O–H groups in total. The van der Waals surface area contributed by atoms with Gasteiger partial charge in [0, 0.05) is 19.0 Å². The van der Waals surface area contributed by atoms with E-state index >= 15 is 0 Å². The van der Waals surface area contributed by atoms with E-state index in [-0.39, 0.29) is 12.0 Å². The van der Waals surface area contributed by atoms with Crippen molar-refractivity contribution in [3.05, 3.63) is 36.2 Å². The number of rotatable bonds is 6. The van der Waals surface area contributed by atoms with Crippen molar-refractivity contribution in [3.8, 4) is 5.69 Å². The predicted octanol–water partition coefficient (Wildman–Crippen LogP) is 2.30. The summed E-state index contributed by atoms with van der Waals surface area (Å²) in [6, 6.07) is 10.1. The number of para-hydroxylation sites is 1. The highest BCUT2D eigenvalue weighted by Crippen LogP contribution is 2.27. The van der Waals surface area contributed by atoms with Crippen molar-refractivity contribution in [1.29, 1.82) is 0 Å². The third-order valence-corrected chi connectivity index (χ3v) is 5.37. The minimum atomic E-state index is 0.106. The van der Waals surface area contributed by atoms with E-state index in [1.807, 2.05) is 49.1 Å². The van der Waals surface area contributed by atoms with Crippen LogP contribution in [0.5, 0.6) is 0 Å². The summed E-state index contributed by atoms with van der Waals surface area (Å²) in [6.45, 7) is 9.58. The number of hydrogen-bond acceptors (Lipinski definition) is 5. The molecule has 7 nitrogen and oxygen atoms in total. The number of carbonyl (C=O) groups excluding carboxylic acids is 1. The first-order valence-electron chi connectivity index (χ1n) is 9.52. The minimum Gasteiger partial charge on any atom is -0.343 e. The number of tetrazole rings is 1. The van der Waals surface area contributed by atoms with E-state index in [9.17, 15) is 4.79 Å². The number of amides is 1. The largest absolute Gasteiger partial charge is 0.343 e. The molecule has 1 aromatic carbocycles. The Morgan fingerprint density at radius 3 is 2.46 bits per heavy atom. The Labute approximate surface area is 155 Å². The average Bonchev–Trinajstić information content (AvgIpc) is 3.19. The molecule has 1 aliphatic rings. The molecular weight excluding hydrogens is 328 g/mol. The van der Waals surface area contributed by atoms with E-state index in [2.05, 4.69) is 27.3 Å². The Morgan fingerprint density at radius 2 is 1.85 bits per heavy atom. The van der Waals surface area contributed by atoms with Crippen LogP contribution < -0.4 is 0 Å². The molecule has 0 bridgehead atoms. The molecule has 1 aromatic heterocycles. The lowest BCUT2D eigenvalue weighted by atomic mass is 9.94. The van der Waals surface area contributed by atoms with Gasteiger partial charge in [-0.2, -0.15) is 4.68 Å². The fourth-order valence-corrected chi connectivity index (χ4v) is 3.70. The minimum absolute atomic E-state index is 0.106. The van der Waals surface area contributed by atoms with Crippen LogP contribution in [-0.4, -0.2) is 62.1 Å².